The average Bonchev–Trinajstić information content (AvgIpc) is 3.13. The average molecular weight is 357 g/mol. The van der Waals surface area contributed by atoms with Crippen LogP contribution in [0.3, 0.4) is 0 Å². The first-order chi connectivity index (χ1) is 11.7. The van der Waals surface area contributed by atoms with Crippen molar-refractivity contribution in [1.29, 1.82) is 0 Å². The molecule has 2 aromatic heterocycles. The van der Waals surface area contributed by atoms with Gasteiger partial charge in [-0.15, -0.1) is 11.3 Å². The molecule has 0 spiro atoms. The molecule has 0 saturated heterocycles. The summed E-state index contributed by atoms with van der Waals surface area (Å²) >= 11 is 7.48. The first kappa shape index (κ1) is 16.7. The molecule has 1 amide bonds. The quantitative estimate of drug-likeness (QED) is 0.601. The molecule has 0 aliphatic heterocycles. The first-order valence-electron chi connectivity index (χ1n) is 7.69. The van der Waals surface area contributed by atoms with Gasteiger partial charge in [0.2, 0.25) is 0 Å². The Morgan fingerprint density at radius 1 is 1.08 bits per heavy atom. The van der Waals surface area contributed by atoms with Crippen molar-refractivity contribution in [3.63, 3.8) is 0 Å². The summed E-state index contributed by atoms with van der Waals surface area (Å²) < 4.78 is 0. The zero-order valence-electron chi connectivity index (χ0n) is 13.1. The highest BCUT2D eigenvalue weighted by molar-refractivity contribution is 7.09. The number of thiophene rings is 1. The lowest BCUT2D eigenvalue weighted by Gasteiger charge is -2.22. The van der Waals surface area contributed by atoms with Gasteiger partial charge in [-0.1, -0.05) is 48.0 Å². The van der Waals surface area contributed by atoms with Crippen LogP contribution >= 0.6 is 22.9 Å². The first-order valence-corrected chi connectivity index (χ1v) is 8.95. The van der Waals surface area contributed by atoms with Gasteiger partial charge in [0.05, 0.1) is 12.1 Å². The van der Waals surface area contributed by atoms with Crippen molar-refractivity contribution in [2.75, 3.05) is 6.54 Å². The third-order valence-corrected chi connectivity index (χ3v) is 4.79. The van der Waals surface area contributed by atoms with Crippen molar-refractivity contribution in [2.24, 2.45) is 0 Å². The highest BCUT2D eigenvalue weighted by Crippen LogP contribution is 2.16. The summed E-state index contributed by atoms with van der Waals surface area (Å²) in [7, 11) is 0. The predicted octanol–water partition coefficient (Wildman–Crippen LogP) is 4.68. The SMILES string of the molecule is O=C(c1ccc(Cl)nc1)N(CCc1ccccc1)Cc1cccs1. The second-order valence-electron chi connectivity index (χ2n) is 5.41. The molecule has 3 nitrogen and oxygen atoms in total. The molecule has 0 atom stereocenters. The maximum atomic E-state index is 12.9. The maximum Gasteiger partial charge on any atom is 0.255 e. The molecule has 2 heterocycles. The molecule has 3 rings (SSSR count). The Morgan fingerprint density at radius 3 is 2.58 bits per heavy atom. The number of carbonyl (C=O) groups is 1. The fraction of sp³-hybridized carbons (Fsp3) is 0.158. The smallest absolute Gasteiger partial charge is 0.255 e. The van der Waals surface area contributed by atoms with E-state index >= 15 is 0 Å². The minimum Gasteiger partial charge on any atom is -0.333 e. The van der Waals surface area contributed by atoms with Gasteiger partial charge in [0.15, 0.2) is 0 Å². The molecule has 0 fully saturated rings. The normalized spacial score (nSPS) is 10.5. The Kier molecular flexibility index (Phi) is 5.62. The van der Waals surface area contributed by atoms with E-state index in [-0.39, 0.29) is 5.91 Å². The molecule has 0 unspecified atom stereocenters. The van der Waals surface area contributed by atoms with Crippen molar-refractivity contribution >= 4 is 28.8 Å². The Balaban J connectivity index is 1.75. The predicted molar refractivity (Wildman–Crippen MR) is 98.5 cm³/mol. The number of aromatic nitrogens is 1. The molecule has 0 radical (unpaired) electrons. The number of rotatable bonds is 6. The van der Waals surface area contributed by atoms with Gasteiger partial charge in [-0.3, -0.25) is 4.79 Å². The third-order valence-electron chi connectivity index (χ3n) is 3.70. The fourth-order valence-electron chi connectivity index (χ4n) is 2.44. The highest BCUT2D eigenvalue weighted by Gasteiger charge is 2.17. The van der Waals surface area contributed by atoms with Crippen LogP contribution in [-0.4, -0.2) is 22.3 Å². The number of amides is 1. The van der Waals surface area contributed by atoms with E-state index in [1.807, 2.05) is 40.6 Å². The van der Waals surface area contributed by atoms with Crippen LogP contribution in [0.1, 0.15) is 20.8 Å². The summed E-state index contributed by atoms with van der Waals surface area (Å²) in [6.07, 6.45) is 2.35. The van der Waals surface area contributed by atoms with E-state index in [9.17, 15) is 4.79 Å². The Morgan fingerprint density at radius 2 is 1.92 bits per heavy atom. The van der Waals surface area contributed by atoms with Gasteiger partial charge < -0.3 is 4.90 Å². The molecule has 0 aliphatic rings. The number of pyridine rings is 1. The number of benzene rings is 1. The van der Waals surface area contributed by atoms with E-state index in [1.165, 1.54) is 16.6 Å². The van der Waals surface area contributed by atoms with Crippen molar-refractivity contribution in [2.45, 2.75) is 13.0 Å². The van der Waals surface area contributed by atoms with E-state index in [4.69, 9.17) is 11.6 Å². The molecule has 0 bridgehead atoms. The Hall–Kier alpha value is -2.17. The molecule has 0 aliphatic carbocycles. The molecule has 1 aromatic carbocycles. The number of halogens is 1. The van der Waals surface area contributed by atoms with E-state index in [0.29, 0.717) is 23.8 Å². The van der Waals surface area contributed by atoms with Crippen molar-refractivity contribution in [1.82, 2.24) is 9.88 Å². The van der Waals surface area contributed by atoms with Gasteiger partial charge in [0, 0.05) is 17.6 Å². The Bertz CT molecular complexity index is 773. The summed E-state index contributed by atoms with van der Waals surface area (Å²) in [5, 5.41) is 2.42. The lowest BCUT2D eigenvalue weighted by atomic mass is 10.1. The minimum absolute atomic E-state index is 0.0245. The largest absolute Gasteiger partial charge is 0.333 e. The topological polar surface area (TPSA) is 33.2 Å². The van der Waals surface area contributed by atoms with E-state index < -0.39 is 0 Å². The standard InChI is InChI=1S/C19H17ClN2OS/c20-18-9-8-16(13-21-18)19(23)22(14-17-7-4-12-24-17)11-10-15-5-2-1-3-6-15/h1-9,12-13H,10-11,14H2. The lowest BCUT2D eigenvalue weighted by molar-refractivity contribution is 0.0746. The maximum absolute atomic E-state index is 12.9. The summed E-state index contributed by atoms with van der Waals surface area (Å²) in [6, 6.07) is 17.6. The summed E-state index contributed by atoms with van der Waals surface area (Å²) in [5.74, 6) is -0.0245. The van der Waals surface area contributed by atoms with Crippen LogP contribution in [0.15, 0.2) is 66.2 Å². The molecule has 24 heavy (non-hydrogen) atoms. The third kappa shape index (κ3) is 4.43. The number of nitrogens with zero attached hydrogens (tertiary/aromatic N) is 2. The fourth-order valence-corrected chi connectivity index (χ4v) is 3.27. The summed E-state index contributed by atoms with van der Waals surface area (Å²) in [6.45, 7) is 1.26. The summed E-state index contributed by atoms with van der Waals surface area (Å²) in [5.41, 5.74) is 1.78. The lowest BCUT2D eigenvalue weighted by Crippen LogP contribution is -2.32. The van der Waals surface area contributed by atoms with E-state index in [0.717, 1.165) is 6.42 Å². The van der Waals surface area contributed by atoms with Gasteiger partial charge in [-0.05, 0) is 35.6 Å². The molecule has 3 aromatic rings. The van der Waals surface area contributed by atoms with E-state index in [1.54, 1.807) is 23.5 Å². The molecule has 5 heteroatoms. The van der Waals surface area contributed by atoms with Gasteiger partial charge in [0.1, 0.15) is 5.15 Å². The second kappa shape index (κ2) is 8.08. The number of hydrogen-bond acceptors (Lipinski definition) is 3. The zero-order chi connectivity index (χ0) is 16.8. The molecule has 0 N–H and O–H groups in total. The van der Waals surface area contributed by atoms with Crippen LogP contribution in [0.5, 0.6) is 0 Å². The van der Waals surface area contributed by atoms with Crippen molar-refractivity contribution in [3.8, 4) is 0 Å². The molecule has 0 saturated carbocycles. The van der Waals surface area contributed by atoms with Crippen molar-refractivity contribution < 1.29 is 4.79 Å². The van der Waals surface area contributed by atoms with Crippen LogP contribution in [0.2, 0.25) is 5.15 Å². The van der Waals surface area contributed by atoms with Gasteiger partial charge in [-0.2, -0.15) is 0 Å². The molecular formula is C19H17ClN2OS. The van der Waals surface area contributed by atoms with E-state index in [2.05, 4.69) is 17.1 Å². The number of carbonyl (C=O) groups excluding carboxylic acids is 1. The zero-order valence-corrected chi connectivity index (χ0v) is 14.6. The number of hydrogen-bond donors (Lipinski definition) is 0. The summed E-state index contributed by atoms with van der Waals surface area (Å²) in [4.78, 5) is 19.9. The van der Waals surface area contributed by atoms with Gasteiger partial charge in [0.25, 0.3) is 5.91 Å². The monoisotopic (exact) mass is 356 g/mol. The van der Waals surface area contributed by atoms with Crippen LogP contribution < -0.4 is 0 Å². The van der Waals surface area contributed by atoms with Crippen molar-refractivity contribution in [3.05, 3.63) is 87.3 Å². The molecular weight excluding hydrogens is 340 g/mol. The van der Waals surface area contributed by atoms with Crippen LogP contribution in [0, 0.1) is 0 Å². The van der Waals surface area contributed by atoms with Gasteiger partial charge in [-0.25, -0.2) is 4.98 Å². The van der Waals surface area contributed by atoms with Gasteiger partial charge >= 0.3 is 0 Å². The van der Waals surface area contributed by atoms with Crippen LogP contribution in [0.25, 0.3) is 0 Å². The molecule has 122 valence electrons. The minimum atomic E-state index is -0.0245. The van der Waals surface area contributed by atoms with Crippen LogP contribution in [0.4, 0.5) is 0 Å². The Labute approximate surface area is 150 Å². The highest BCUT2D eigenvalue weighted by atomic mass is 35.5. The second-order valence-corrected chi connectivity index (χ2v) is 6.83. The van der Waals surface area contributed by atoms with Crippen LogP contribution in [-0.2, 0) is 13.0 Å².